The summed E-state index contributed by atoms with van der Waals surface area (Å²) in [4.78, 5) is 32.1. The number of carbonyl (C=O) groups is 2. The summed E-state index contributed by atoms with van der Waals surface area (Å²) in [5.74, 6) is -0.348. The number of amides is 2. The van der Waals surface area contributed by atoms with Crippen LogP contribution in [0.4, 0.5) is 5.69 Å². The van der Waals surface area contributed by atoms with Gasteiger partial charge in [-0.15, -0.1) is 0 Å². The van der Waals surface area contributed by atoms with Gasteiger partial charge in [0.25, 0.3) is 11.8 Å². The molecule has 7 nitrogen and oxygen atoms in total. The van der Waals surface area contributed by atoms with Crippen molar-refractivity contribution in [1.82, 2.24) is 20.6 Å². The van der Waals surface area contributed by atoms with Gasteiger partial charge in [-0.3, -0.25) is 9.59 Å². The molecule has 0 bridgehead atoms. The molecule has 2 amide bonds. The quantitative estimate of drug-likeness (QED) is 0.572. The molecule has 27 heavy (non-hydrogen) atoms. The third-order valence-electron chi connectivity index (χ3n) is 4.74. The predicted molar refractivity (Wildman–Crippen MR) is 104 cm³/mol. The summed E-state index contributed by atoms with van der Waals surface area (Å²) in [7, 11) is 0. The van der Waals surface area contributed by atoms with Gasteiger partial charge < -0.3 is 20.9 Å². The molecule has 7 heteroatoms. The van der Waals surface area contributed by atoms with Crippen LogP contribution < -0.4 is 16.0 Å². The van der Waals surface area contributed by atoms with E-state index in [1.807, 2.05) is 0 Å². The van der Waals surface area contributed by atoms with E-state index < -0.39 is 0 Å². The monoisotopic (exact) mass is 363 g/mol. The van der Waals surface area contributed by atoms with Gasteiger partial charge in [0.1, 0.15) is 0 Å². The van der Waals surface area contributed by atoms with Crippen molar-refractivity contribution < 1.29 is 9.59 Å². The minimum absolute atomic E-state index is 0.114. The van der Waals surface area contributed by atoms with Crippen molar-refractivity contribution in [2.45, 2.75) is 18.9 Å². The highest BCUT2D eigenvalue weighted by molar-refractivity contribution is 6.06. The standard InChI is InChI=1S/C20H21N5O2/c26-19(24-15-6-8-21-9-7-15)13-2-1-3-16(10-13)25-20(27)14-4-5-17-18(11-14)23-12-22-17/h1-5,10-12,15,21H,6-9H2,(H,22,23)(H,24,26)(H,25,27). The molecule has 1 saturated heterocycles. The maximum Gasteiger partial charge on any atom is 0.255 e. The van der Waals surface area contributed by atoms with Crippen LogP contribution in [0.25, 0.3) is 11.0 Å². The first-order valence-corrected chi connectivity index (χ1v) is 9.05. The maximum atomic E-state index is 12.5. The number of H-pyrrole nitrogens is 1. The Morgan fingerprint density at radius 3 is 2.67 bits per heavy atom. The number of piperidine rings is 1. The fourth-order valence-corrected chi connectivity index (χ4v) is 3.25. The average molecular weight is 363 g/mol. The van der Waals surface area contributed by atoms with Crippen LogP contribution in [-0.4, -0.2) is 40.9 Å². The second kappa shape index (κ2) is 7.59. The van der Waals surface area contributed by atoms with Crippen molar-refractivity contribution in [2.24, 2.45) is 0 Å². The molecule has 0 radical (unpaired) electrons. The Labute approximate surface area is 156 Å². The molecule has 4 rings (SSSR count). The zero-order valence-electron chi connectivity index (χ0n) is 14.8. The van der Waals surface area contributed by atoms with Crippen LogP contribution in [0, 0.1) is 0 Å². The van der Waals surface area contributed by atoms with Crippen molar-refractivity contribution >= 4 is 28.5 Å². The van der Waals surface area contributed by atoms with Crippen LogP contribution in [0.1, 0.15) is 33.6 Å². The molecular weight excluding hydrogens is 342 g/mol. The van der Waals surface area contributed by atoms with Gasteiger partial charge in [-0.25, -0.2) is 4.98 Å². The number of hydrogen-bond donors (Lipinski definition) is 4. The molecule has 0 unspecified atom stereocenters. The lowest BCUT2D eigenvalue weighted by molar-refractivity contribution is 0.0928. The van der Waals surface area contributed by atoms with Gasteiger partial charge in [0.15, 0.2) is 0 Å². The molecule has 1 aliphatic rings. The van der Waals surface area contributed by atoms with E-state index in [0.717, 1.165) is 37.0 Å². The average Bonchev–Trinajstić information content (AvgIpc) is 3.17. The number of imidazole rings is 1. The largest absolute Gasteiger partial charge is 0.349 e. The second-order valence-corrected chi connectivity index (χ2v) is 6.67. The Kier molecular flexibility index (Phi) is 4.84. The smallest absolute Gasteiger partial charge is 0.255 e. The summed E-state index contributed by atoms with van der Waals surface area (Å²) in [6.07, 6.45) is 3.45. The van der Waals surface area contributed by atoms with Gasteiger partial charge in [-0.1, -0.05) is 6.07 Å². The maximum absolute atomic E-state index is 12.5. The van der Waals surface area contributed by atoms with Gasteiger partial charge in [-0.05, 0) is 62.3 Å². The lowest BCUT2D eigenvalue weighted by Gasteiger charge is -2.23. The van der Waals surface area contributed by atoms with E-state index in [1.165, 1.54) is 0 Å². The molecule has 0 spiro atoms. The molecular formula is C20H21N5O2. The molecule has 0 saturated carbocycles. The fraction of sp³-hybridized carbons (Fsp3) is 0.250. The number of fused-ring (bicyclic) bond motifs is 1. The lowest BCUT2D eigenvalue weighted by atomic mass is 10.1. The highest BCUT2D eigenvalue weighted by Crippen LogP contribution is 2.16. The molecule has 0 atom stereocenters. The number of aromatic nitrogens is 2. The van der Waals surface area contributed by atoms with E-state index in [0.29, 0.717) is 16.8 Å². The van der Waals surface area contributed by atoms with Crippen LogP contribution in [-0.2, 0) is 0 Å². The second-order valence-electron chi connectivity index (χ2n) is 6.67. The number of rotatable bonds is 4. The summed E-state index contributed by atoms with van der Waals surface area (Å²) < 4.78 is 0. The van der Waals surface area contributed by atoms with Gasteiger partial charge in [-0.2, -0.15) is 0 Å². The zero-order valence-corrected chi connectivity index (χ0v) is 14.8. The summed E-state index contributed by atoms with van der Waals surface area (Å²) in [5.41, 5.74) is 3.26. The van der Waals surface area contributed by atoms with E-state index in [1.54, 1.807) is 48.8 Å². The number of carbonyl (C=O) groups excluding carboxylic acids is 2. The van der Waals surface area contributed by atoms with Crippen LogP contribution in [0.15, 0.2) is 48.8 Å². The first-order valence-electron chi connectivity index (χ1n) is 9.05. The summed E-state index contributed by atoms with van der Waals surface area (Å²) in [6.45, 7) is 1.84. The molecule has 1 aromatic heterocycles. The van der Waals surface area contributed by atoms with Crippen molar-refractivity contribution in [3.05, 3.63) is 59.9 Å². The van der Waals surface area contributed by atoms with Gasteiger partial charge in [0.05, 0.1) is 17.4 Å². The van der Waals surface area contributed by atoms with E-state index >= 15 is 0 Å². The van der Waals surface area contributed by atoms with Crippen LogP contribution >= 0.6 is 0 Å². The Balaban J connectivity index is 1.45. The molecule has 138 valence electrons. The predicted octanol–water partition coefficient (Wildman–Crippen LogP) is 2.30. The number of nitrogens with one attached hydrogen (secondary N) is 4. The third kappa shape index (κ3) is 3.98. The van der Waals surface area contributed by atoms with Crippen molar-refractivity contribution in [3.8, 4) is 0 Å². The number of anilines is 1. The Morgan fingerprint density at radius 2 is 1.81 bits per heavy atom. The minimum Gasteiger partial charge on any atom is -0.349 e. The SMILES string of the molecule is O=C(Nc1cccc(C(=O)NC2CCNCC2)c1)c1ccc2nc[nH]c2c1. The highest BCUT2D eigenvalue weighted by Gasteiger charge is 2.17. The van der Waals surface area contributed by atoms with E-state index in [9.17, 15) is 9.59 Å². The van der Waals surface area contributed by atoms with Gasteiger partial charge in [0.2, 0.25) is 0 Å². The molecule has 2 heterocycles. The van der Waals surface area contributed by atoms with E-state index in [2.05, 4.69) is 25.9 Å². The molecule has 2 aromatic carbocycles. The number of aromatic amines is 1. The Bertz CT molecular complexity index is 975. The molecule has 0 aliphatic carbocycles. The van der Waals surface area contributed by atoms with Gasteiger partial charge in [0, 0.05) is 22.9 Å². The van der Waals surface area contributed by atoms with Crippen molar-refractivity contribution in [2.75, 3.05) is 18.4 Å². The highest BCUT2D eigenvalue weighted by atomic mass is 16.2. The topological polar surface area (TPSA) is 98.9 Å². The number of hydrogen-bond acceptors (Lipinski definition) is 4. The normalized spacial score (nSPS) is 14.8. The first kappa shape index (κ1) is 17.2. The summed E-state index contributed by atoms with van der Waals surface area (Å²) in [5, 5.41) is 9.19. The molecule has 1 fully saturated rings. The van der Waals surface area contributed by atoms with Crippen molar-refractivity contribution in [1.29, 1.82) is 0 Å². The lowest BCUT2D eigenvalue weighted by Crippen LogP contribution is -2.42. The van der Waals surface area contributed by atoms with Crippen molar-refractivity contribution in [3.63, 3.8) is 0 Å². The number of benzene rings is 2. The fourth-order valence-electron chi connectivity index (χ4n) is 3.25. The van der Waals surface area contributed by atoms with Crippen LogP contribution in [0.5, 0.6) is 0 Å². The van der Waals surface area contributed by atoms with Crippen LogP contribution in [0.3, 0.4) is 0 Å². The summed E-state index contributed by atoms with van der Waals surface area (Å²) >= 11 is 0. The molecule has 3 aromatic rings. The summed E-state index contributed by atoms with van der Waals surface area (Å²) in [6, 6.07) is 12.5. The third-order valence-corrected chi connectivity index (χ3v) is 4.74. The van der Waals surface area contributed by atoms with Crippen LogP contribution in [0.2, 0.25) is 0 Å². The Morgan fingerprint density at radius 1 is 1.00 bits per heavy atom. The van der Waals surface area contributed by atoms with E-state index in [4.69, 9.17) is 0 Å². The molecule has 4 N–H and O–H groups in total. The van der Waals surface area contributed by atoms with Gasteiger partial charge >= 0.3 is 0 Å². The number of nitrogens with zero attached hydrogens (tertiary/aromatic N) is 1. The van der Waals surface area contributed by atoms with E-state index in [-0.39, 0.29) is 17.9 Å². The Hall–Kier alpha value is -3.19. The molecule has 1 aliphatic heterocycles. The zero-order chi connectivity index (χ0) is 18.6. The minimum atomic E-state index is -0.234. The first-order chi connectivity index (χ1) is 13.2.